The van der Waals surface area contributed by atoms with Crippen LogP contribution in [0.1, 0.15) is 0 Å². The Hall–Kier alpha value is -0.923. The van der Waals surface area contributed by atoms with Gasteiger partial charge in [-0.15, -0.1) is 0 Å². The minimum atomic E-state index is -1.41. The van der Waals surface area contributed by atoms with E-state index in [9.17, 15) is 0 Å². The number of hydrogen-bond donors (Lipinski definition) is 0. The zero-order valence-electron chi connectivity index (χ0n) is 9.50. The fourth-order valence-electron chi connectivity index (χ4n) is 1.36. The van der Waals surface area contributed by atoms with Gasteiger partial charge in [-0.25, -0.2) is 0 Å². The van der Waals surface area contributed by atoms with Gasteiger partial charge >= 0.3 is 0 Å². The zero-order valence-corrected chi connectivity index (χ0v) is 11.3. The highest BCUT2D eigenvalue weighted by atomic mass is 32.2. The summed E-state index contributed by atoms with van der Waals surface area (Å²) in [7, 11) is 0.252. The van der Waals surface area contributed by atoms with Crippen molar-refractivity contribution in [2.75, 3.05) is 7.11 Å². The first-order valence-corrected chi connectivity index (χ1v) is 9.05. The standard InChI is InChI=1S/C11H15NOSSi/c1-13-9-5-6-10(14-8-12)11(7-9)15(2,3)4/h5-7H,1-4H3. The van der Waals surface area contributed by atoms with Gasteiger partial charge in [-0.05, 0) is 35.1 Å². The van der Waals surface area contributed by atoms with E-state index in [0.717, 1.165) is 10.6 Å². The van der Waals surface area contributed by atoms with Crippen molar-refractivity contribution >= 4 is 25.0 Å². The Morgan fingerprint density at radius 1 is 1.33 bits per heavy atom. The molecule has 1 aromatic rings. The maximum atomic E-state index is 8.73. The van der Waals surface area contributed by atoms with E-state index in [-0.39, 0.29) is 0 Å². The summed E-state index contributed by atoms with van der Waals surface area (Å²) in [5, 5.41) is 12.2. The van der Waals surface area contributed by atoms with E-state index >= 15 is 0 Å². The molecule has 15 heavy (non-hydrogen) atoms. The quantitative estimate of drug-likeness (QED) is 0.460. The highest BCUT2D eigenvalue weighted by molar-refractivity contribution is 8.04. The number of methoxy groups -OCH3 is 1. The Kier molecular flexibility index (Phi) is 3.83. The van der Waals surface area contributed by atoms with Gasteiger partial charge < -0.3 is 4.74 Å². The van der Waals surface area contributed by atoms with Gasteiger partial charge in [0.05, 0.1) is 15.2 Å². The number of hydrogen-bond acceptors (Lipinski definition) is 3. The molecule has 0 N–H and O–H groups in total. The van der Waals surface area contributed by atoms with Crippen LogP contribution in [0.4, 0.5) is 0 Å². The van der Waals surface area contributed by atoms with Crippen LogP contribution in [0.15, 0.2) is 23.1 Å². The summed E-state index contributed by atoms with van der Waals surface area (Å²) in [5.74, 6) is 0.870. The van der Waals surface area contributed by atoms with E-state index in [1.165, 1.54) is 16.9 Å². The van der Waals surface area contributed by atoms with Crippen LogP contribution in [0.25, 0.3) is 0 Å². The van der Waals surface area contributed by atoms with Crippen LogP contribution >= 0.6 is 11.8 Å². The first kappa shape index (κ1) is 12.1. The number of nitrogens with zero attached hydrogens (tertiary/aromatic N) is 1. The molecule has 0 heterocycles. The van der Waals surface area contributed by atoms with Gasteiger partial charge in [0.15, 0.2) is 0 Å². The number of ether oxygens (including phenoxy) is 1. The summed E-state index contributed by atoms with van der Waals surface area (Å²) >= 11 is 1.23. The molecule has 0 radical (unpaired) electrons. The molecule has 0 saturated carbocycles. The lowest BCUT2D eigenvalue weighted by Gasteiger charge is -2.20. The van der Waals surface area contributed by atoms with E-state index in [0.29, 0.717) is 0 Å². The number of benzene rings is 1. The third-order valence-electron chi connectivity index (χ3n) is 2.15. The van der Waals surface area contributed by atoms with E-state index in [4.69, 9.17) is 10.00 Å². The molecule has 0 bridgehead atoms. The molecule has 0 saturated heterocycles. The molecule has 2 nitrogen and oxygen atoms in total. The second-order valence-electron chi connectivity index (χ2n) is 4.31. The first-order valence-electron chi connectivity index (χ1n) is 4.73. The molecule has 0 spiro atoms. The van der Waals surface area contributed by atoms with Crippen LogP contribution in [-0.2, 0) is 0 Å². The van der Waals surface area contributed by atoms with Crippen LogP contribution < -0.4 is 9.92 Å². The topological polar surface area (TPSA) is 33.0 Å². The maximum Gasteiger partial charge on any atom is 0.138 e. The molecule has 0 aliphatic heterocycles. The van der Waals surface area contributed by atoms with Crippen LogP contribution in [0.2, 0.25) is 19.6 Å². The Morgan fingerprint density at radius 3 is 2.47 bits per heavy atom. The minimum Gasteiger partial charge on any atom is -0.497 e. The van der Waals surface area contributed by atoms with Crippen molar-refractivity contribution in [3.05, 3.63) is 18.2 Å². The monoisotopic (exact) mass is 237 g/mol. The molecular formula is C11H15NOSSi. The molecule has 4 heteroatoms. The first-order chi connectivity index (χ1) is 6.99. The van der Waals surface area contributed by atoms with Crippen molar-refractivity contribution in [3.8, 4) is 11.2 Å². The summed E-state index contributed by atoms with van der Waals surface area (Å²) in [4.78, 5) is 1.07. The molecule has 80 valence electrons. The van der Waals surface area contributed by atoms with Gasteiger partial charge in [-0.3, -0.25) is 0 Å². The van der Waals surface area contributed by atoms with Crippen molar-refractivity contribution in [2.45, 2.75) is 24.5 Å². The average Bonchev–Trinajstić information content (AvgIpc) is 2.17. The van der Waals surface area contributed by atoms with Crippen molar-refractivity contribution in [2.24, 2.45) is 0 Å². The molecule has 0 aliphatic carbocycles. The number of rotatable bonds is 3. The second kappa shape index (κ2) is 4.73. The van der Waals surface area contributed by atoms with Gasteiger partial charge in [0, 0.05) is 4.90 Å². The number of thiocyanates is 1. The number of nitriles is 1. The predicted octanol–water partition coefficient (Wildman–Crippen LogP) is 2.81. The average molecular weight is 237 g/mol. The fraction of sp³-hybridized carbons (Fsp3) is 0.364. The van der Waals surface area contributed by atoms with Gasteiger partial charge in [-0.2, -0.15) is 5.26 Å². The molecule has 0 unspecified atom stereocenters. The van der Waals surface area contributed by atoms with E-state index in [2.05, 4.69) is 31.1 Å². The summed E-state index contributed by atoms with van der Waals surface area (Å²) in [5.41, 5.74) is 0. The Labute approximate surface area is 96.3 Å². The van der Waals surface area contributed by atoms with Gasteiger partial charge in [0.1, 0.15) is 11.2 Å². The summed E-state index contributed by atoms with van der Waals surface area (Å²) in [6.45, 7) is 6.80. The van der Waals surface area contributed by atoms with E-state index in [1.807, 2.05) is 12.1 Å². The summed E-state index contributed by atoms with van der Waals surface area (Å²) in [6, 6.07) is 5.94. The van der Waals surface area contributed by atoms with Crippen LogP contribution in [0.5, 0.6) is 5.75 Å². The molecule has 1 rings (SSSR count). The lowest BCUT2D eigenvalue weighted by atomic mass is 10.3. The molecular weight excluding hydrogens is 222 g/mol. The maximum absolute atomic E-state index is 8.73. The highest BCUT2D eigenvalue weighted by Crippen LogP contribution is 2.22. The highest BCUT2D eigenvalue weighted by Gasteiger charge is 2.21. The third kappa shape index (κ3) is 3.01. The normalized spacial score (nSPS) is 10.9. The lowest BCUT2D eigenvalue weighted by Crippen LogP contribution is -2.38. The Balaban J connectivity index is 3.24. The van der Waals surface area contributed by atoms with E-state index < -0.39 is 8.07 Å². The smallest absolute Gasteiger partial charge is 0.138 e. The second-order valence-corrected chi connectivity index (χ2v) is 10.2. The summed E-state index contributed by atoms with van der Waals surface area (Å²) in [6.07, 6.45) is 0. The van der Waals surface area contributed by atoms with Crippen molar-refractivity contribution in [3.63, 3.8) is 0 Å². The zero-order chi connectivity index (χ0) is 11.5. The van der Waals surface area contributed by atoms with Crippen molar-refractivity contribution in [1.82, 2.24) is 0 Å². The SMILES string of the molecule is COc1ccc(SC#N)c([Si](C)(C)C)c1. The van der Waals surface area contributed by atoms with Crippen LogP contribution in [0.3, 0.4) is 0 Å². The molecule has 0 aromatic heterocycles. The predicted molar refractivity (Wildman–Crippen MR) is 67.4 cm³/mol. The molecule has 1 aromatic carbocycles. The van der Waals surface area contributed by atoms with Gasteiger partial charge in [-0.1, -0.05) is 19.6 Å². The van der Waals surface area contributed by atoms with E-state index in [1.54, 1.807) is 7.11 Å². The lowest BCUT2D eigenvalue weighted by molar-refractivity contribution is 0.415. The van der Waals surface area contributed by atoms with Crippen molar-refractivity contribution < 1.29 is 4.74 Å². The third-order valence-corrected chi connectivity index (χ3v) is 5.03. The molecule has 0 atom stereocenters. The molecule has 0 amide bonds. The Morgan fingerprint density at radius 2 is 2.00 bits per heavy atom. The fourth-order valence-corrected chi connectivity index (χ4v) is 4.23. The van der Waals surface area contributed by atoms with Crippen LogP contribution in [0, 0.1) is 10.7 Å². The van der Waals surface area contributed by atoms with Crippen molar-refractivity contribution in [1.29, 1.82) is 5.26 Å². The number of thioether (sulfide) groups is 1. The Bertz CT molecular complexity index is 393. The van der Waals surface area contributed by atoms with Gasteiger partial charge in [0.25, 0.3) is 0 Å². The molecule has 0 fully saturated rings. The minimum absolute atomic E-state index is 0.870. The summed E-state index contributed by atoms with van der Waals surface area (Å²) < 4.78 is 5.21. The molecule has 0 aliphatic rings. The van der Waals surface area contributed by atoms with Gasteiger partial charge in [0.2, 0.25) is 0 Å². The van der Waals surface area contributed by atoms with Crippen LogP contribution in [-0.4, -0.2) is 15.2 Å². The largest absolute Gasteiger partial charge is 0.497 e.